The van der Waals surface area contributed by atoms with Crippen LogP contribution < -0.4 is 10.6 Å². The van der Waals surface area contributed by atoms with E-state index < -0.39 is 0 Å². The Kier molecular flexibility index (Phi) is 4.81. The quantitative estimate of drug-likeness (QED) is 0.766. The molecule has 134 valence electrons. The lowest BCUT2D eigenvalue weighted by Crippen LogP contribution is -2.49. The highest BCUT2D eigenvalue weighted by molar-refractivity contribution is 7.16. The standard InChI is InChI=1S/C19H21N5OS/c20-16(14-4-2-1-3-5-14)12-17(25)23-7-9-24(10-8-23)18-15-6-11-26-19(15)22-13-21-18/h1-6,11,13,16H,7-10,12,20H2. The number of piperazine rings is 1. The molecule has 1 amide bonds. The highest BCUT2D eigenvalue weighted by Gasteiger charge is 2.24. The van der Waals surface area contributed by atoms with E-state index in [9.17, 15) is 4.79 Å². The Balaban J connectivity index is 1.37. The van der Waals surface area contributed by atoms with Gasteiger partial charge in [-0.3, -0.25) is 4.79 Å². The van der Waals surface area contributed by atoms with Gasteiger partial charge in [0.05, 0.1) is 5.39 Å². The number of rotatable bonds is 4. The Morgan fingerprint density at radius 3 is 2.65 bits per heavy atom. The predicted octanol–water partition coefficient (Wildman–Crippen LogP) is 2.43. The van der Waals surface area contributed by atoms with Gasteiger partial charge < -0.3 is 15.5 Å². The molecule has 1 aliphatic heterocycles. The van der Waals surface area contributed by atoms with Gasteiger partial charge in [-0.15, -0.1) is 11.3 Å². The van der Waals surface area contributed by atoms with Crippen LogP contribution in [-0.2, 0) is 4.79 Å². The molecule has 6 nitrogen and oxygen atoms in total. The number of hydrogen-bond donors (Lipinski definition) is 1. The summed E-state index contributed by atoms with van der Waals surface area (Å²) in [6.07, 6.45) is 1.96. The van der Waals surface area contributed by atoms with Crippen LogP contribution >= 0.6 is 11.3 Å². The Morgan fingerprint density at radius 2 is 1.88 bits per heavy atom. The highest BCUT2D eigenvalue weighted by Crippen LogP contribution is 2.27. The van der Waals surface area contributed by atoms with Gasteiger partial charge in [-0.2, -0.15) is 0 Å². The number of anilines is 1. The SMILES string of the molecule is NC(CC(=O)N1CCN(c2ncnc3sccc23)CC1)c1ccccc1. The number of aromatic nitrogens is 2. The van der Waals surface area contributed by atoms with Crippen molar-refractivity contribution in [3.8, 4) is 0 Å². The van der Waals surface area contributed by atoms with Crippen LogP contribution in [0.3, 0.4) is 0 Å². The van der Waals surface area contributed by atoms with E-state index in [0.717, 1.165) is 34.7 Å². The fourth-order valence-corrected chi connectivity index (χ4v) is 4.06. The summed E-state index contributed by atoms with van der Waals surface area (Å²) >= 11 is 1.62. The summed E-state index contributed by atoms with van der Waals surface area (Å²) in [6.45, 7) is 2.93. The smallest absolute Gasteiger partial charge is 0.224 e. The molecule has 1 aliphatic rings. The summed E-state index contributed by atoms with van der Waals surface area (Å²) in [5, 5.41) is 3.12. The molecule has 0 aliphatic carbocycles. The Labute approximate surface area is 156 Å². The van der Waals surface area contributed by atoms with Crippen LogP contribution in [0.5, 0.6) is 0 Å². The van der Waals surface area contributed by atoms with Crippen molar-refractivity contribution in [2.45, 2.75) is 12.5 Å². The van der Waals surface area contributed by atoms with E-state index in [2.05, 4.69) is 20.9 Å². The first-order chi connectivity index (χ1) is 12.7. The number of thiophene rings is 1. The number of carbonyl (C=O) groups is 1. The third-order valence-electron chi connectivity index (χ3n) is 4.79. The van der Waals surface area contributed by atoms with E-state index in [-0.39, 0.29) is 11.9 Å². The summed E-state index contributed by atoms with van der Waals surface area (Å²) in [5.41, 5.74) is 7.20. The molecule has 26 heavy (non-hydrogen) atoms. The number of nitrogens with zero attached hydrogens (tertiary/aromatic N) is 4. The van der Waals surface area contributed by atoms with Crippen molar-refractivity contribution >= 4 is 33.3 Å². The molecule has 0 bridgehead atoms. The number of hydrogen-bond acceptors (Lipinski definition) is 6. The van der Waals surface area contributed by atoms with Gasteiger partial charge in [0.1, 0.15) is 17.0 Å². The van der Waals surface area contributed by atoms with Crippen LogP contribution in [0.1, 0.15) is 18.0 Å². The minimum Gasteiger partial charge on any atom is -0.352 e. The molecular formula is C19H21N5OS. The van der Waals surface area contributed by atoms with Gasteiger partial charge in [0.25, 0.3) is 0 Å². The zero-order valence-corrected chi connectivity index (χ0v) is 15.2. The second-order valence-electron chi connectivity index (χ2n) is 6.43. The highest BCUT2D eigenvalue weighted by atomic mass is 32.1. The van der Waals surface area contributed by atoms with E-state index >= 15 is 0 Å². The molecule has 0 radical (unpaired) electrons. The molecule has 1 atom stereocenters. The van der Waals surface area contributed by atoms with Crippen LogP contribution in [0.25, 0.3) is 10.2 Å². The van der Waals surface area contributed by atoms with Gasteiger partial charge >= 0.3 is 0 Å². The van der Waals surface area contributed by atoms with Crippen molar-refractivity contribution in [1.82, 2.24) is 14.9 Å². The Bertz CT molecular complexity index is 889. The maximum absolute atomic E-state index is 12.6. The third kappa shape index (κ3) is 3.40. The Hall–Kier alpha value is -2.51. The lowest BCUT2D eigenvalue weighted by Gasteiger charge is -2.36. The van der Waals surface area contributed by atoms with Crippen LogP contribution in [0, 0.1) is 0 Å². The molecule has 1 saturated heterocycles. The van der Waals surface area contributed by atoms with Crippen LogP contribution in [-0.4, -0.2) is 47.0 Å². The van der Waals surface area contributed by atoms with Crippen molar-refractivity contribution in [3.63, 3.8) is 0 Å². The first-order valence-corrected chi connectivity index (χ1v) is 9.62. The summed E-state index contributed by atoms with van der Waals surface area (Å²) in [5.74, 6) is 1.08. The molecule has 2 N–H and O–H groups in total. The van der Waals surface area contributed by atoms with E-state index in [1.165, 1.54) is 0 Å². The molecule has 4 rings (SSSR count). The fourth-order valence-electron chi connectivity index (χ4n) is 3.33. The fraction of sp³-hybridized carbons (Fsp3) is 0.316. The zero-order chi connectivity index (χ0) is 17.9. The number of amides is 1. The normalized spacial score (nSPS) is 16.0. The van der Waals surface area contributed by atoms with Gasteiger partial charge in [0.2, 0.25) is 5.91 Å². The Morgan fingerprint density at radius 1 is 1.12 bits per heavy atom. The van der Waals surface area contributed by atoms with Gasteiger partial charge in [-0.1, -0.05) is 30.3 Å². The first-order valence-electron chi connectivity index (χ1n) is 8.74. The van der Waals surface area contributed by atoms with Crippen LogP contribution in [0.4, 0.5) is 5.82 Å². The molecule has 3 aromatic rings. The van der Waals surface area contributed by atoms with Crippen molar-refractivity contribution in [2.24, 2.45) is 5.73 Å². The lowest BCUT2D eigenvalue weighted by molar-refractivity contribution is -0.131. The van der Waals surface area contributed by atoms with E-state index in [1.807, 2.05) is 40.6 Å². The van der Waals surface area contributed by atoms with Gasteiger partial charge in [-0.05, 0) is 17.0 Å². The molecular weight excluding hydrogens is 346 g/mol. The van der Waals surface area contributed by atoms with Crippen molar-refractivity contribution in [3.05, 3.63) is 53.7 Å². The van der Waals surface area contributed by atoms with Gasteiger partial charge in [-0.25, -0.2) is 9.97 Å². The van der Waals surface area contributed by atoms with Gasteiger partial charge in [0, 0.05) is 38.6 Å². The number of fused-ring (bicyclic) bond motifs is 1. The number of nitrogens with two attached hydrogens (primary N) is 1. The first kappa shape index (κ1) is 16.9. The zero-order valence-electron chi connectivity index (χ0n) is 14.4. The second-order valence-corrected chi connectivity index (χ2v) is 7.32. The van der Waals surface area contributed by atoms with Crippen molar-refractivity contribution in [1.29, 1.82) is 0 Å². The minimum atomic E-state index is -0.256. The molecule has 1 unspecified atom stereocenters. The maximum atomic E-state index is 12.6. The monoisotopic (exact) mass is 367 g/mol. The number of carbonyl (C=O) groups excluding carboxylic acids is 1. The average Bonchev–Trinajstić information content (AvgIpc) is 3.17. The largest absolute Gasteiger partial charge is 0.352 e. The molecule has 0 spiro atoms. The maximum Gasteiger partial charge on any atom is 0.224 e. The second kappa shape index (κ2) is 7.39. The summed E-state index contributed by atoms with van der Waals surface area (Å²) in [7, 11) is 0. The predicted molar refractivity (Wildman–Crippen MR) is 104 cm³/mol. The summed E-state index contributed by atoms with van der Waals surface area (Å²) < 4.78 is 0. The van der Waals surface area contributed by atoms with Gasteiger partial charge in [0.15, 0.2) is 0 Å². The minimum absolute atomic E-state index is 0.115. The topological polar surface area (TPSA) is 75.4 Å². The molecule has 1 aromatic carbocycles. The van der Waals surface area contributed by atoms with E-state index in [0.29, 0.717) is 19.5 Å². The molecule has 1 fully saturated rings. The summed E-state index contributed by atoms with van der Waals surface area (Å²) in [6, 6.07) is 11.6. The molecule has 0 saturated carbocycles. The van der Waals surface area contributed by atoms with Crippen molar-refractivity contribution in [2.75, 3.05) is 31.1 Å². The van der Waals surface area contributed by atoms with Crippen LogP contribution in [0.2, 0.25) is 0 Å². The van der Waals surface area contributed by atoms with Crippen LogP contribution in [0.15, 0.2) is 48.1 Å². The lowest BCUT2D eigenvalue weighted by atomic mass is 10.0. The molecule has 2 aromatic heterocycles. The average molecular weight is 367 g/mol. The third-order valence-corrected chi connectivity index (χ3v) is 5.62. The van der Waals surface area contributed by atoms with E-state index in [4.69, 9.17) is 5.73 Å². The van der Waals surface area contributed by atoms with Crippen molar-refractivity contribution < 1.29 is 4.79 Å². The van der Waals surface area contributed by atoms with E-state index in [1.54, 1.807) is 17.7 Å². The number of benzene rings is 1. The molecule has 7 heteroatoms. The summed E-state index contributed by atoms with van der Waals surface area (Å²) in [4.78, 5) is 26.5. The molecule has 3 heterocycles.